The van der Waals surface area contributed by atoms with E-state index in [1.54, 1.807) is 72.8 Å². The molecular weight excluding hydrogens is 881 g/mol. The van der Waals surface area contributed by atoms with E-state index in [1.165, 1.54) is 100 Å². The van der Waals surface area contributed by atoms with Gasteiger partial charge in [0.1, 0.15) is 35.2 Å². The molecule has 0 amide bonds. The predicted molar refractivity (Wildman–Crippen MR) is 242 cm³/mol. The van der Waals surface area contributed by atoms with Crippen LogP contribution in [0.1, 0.15) is 41.4 Å². The van der Waals surface area contributed by atoms with Crippen molar-refractivity contribution in [2.45, 2.75) is 30.7 Å². The minimum absolute atomic E-state index is 0.0388. The van der Waals surface area contributed by atoms with Crippen molar-refractivity contribution in [3.05, 3.63) is 184 Å². The van der Waals surface area contributed by atoms with E-state index in [9.17, 15) is 29.1 Å². The Morgan fingerprint density at radius 1 is 0.559 bits per heavy atom. The van der Waals surface area contributed by atoms with Crippen LogP contribution in [0, 0.1) is 0 Å². The first-order valence-corrected chi connectivity index (χ1v) is 21.0. The van der Waals surface area contributed by atoms with Crippen LogP contribution in [0.15, 0.2) is 161 Å². The molecule has 0 spiro atoms. The minimum atomic E-state index is -1.75. The average molecular weight is 923 g/mol. The number of methoxy groups -OCH3 is 3. The van der Waals surface area contributed by atoms with Gasteiger partial charge in [0.05, 0.1) is 43.6 Å². The maximum atomic E-state index is 14.1. The molecule has 16 heteroatoms. The molecule has 8 rings (SSSR count). The molecule has 1 saturated heterocycles. The zero-order valence-corrected chi connectivity index (χ0v) is 36.6. The molecular formula is C52H42O16. The van der Waals surface area contributed by atoms with E-state index in [1.807, 2.05) is 0 Å². The molecule has 2 heterocycles. The molecule has 1 fully saturated rings. The fourth-order valence-corrected chi connectivity index (χ4v) is 7.42. The lowest BCUT2D eigenvalue weighted by atomic mass is 9.97. The number of rotatable bonds is 15. The van der Waals surface area contributed by atoms with Crippen LogP contribution in [0.2, 0.25) is 0 Å². The molecule has 0 radical (unpaired) electrons. The Kier molecular flexibility index (Phi) is 14.0. The summed E-state index contributed by atoms with van der Waals surface area (Å²) in [6, 6.07) is 38.9. The molecule has 1 N–H and O–H groups in total. The van der Waals surface area contributed by atoms with Crippen molar-refractivity contribution in [2.75, 3.05) is 27.9 Å². The smallest absolute Gasteiger partial charge is 0.338 e. The molecule has 16 nitrogen and oxygen atoms in total. The molecule has 0 aliphatic carbocycles. The van der Waals surface area contributed by atoms with Crippen LogP contribution in [0.25, 0.3) is 22.3 Å². The quantitative estimate of drug-likeness (QED) is 0.0769. The lowest BCUT2D eigenvalue weighted by molar-refractivity contribution is -0.275. The Bertz CT molecular complexity index is 2980. The highest BCUT2D eigenvalue weighted by Gasteiger charge is 2.54. The molecule has 7 aromatic rings. The molecule has 0 saturated carbocycles. The SMILES string of the molecule is COc1cc(-c2oc3cc(O[C@@H]4OC(COC(=O)c5ccccc5)[C@@H](OC(=O)c5ccccc5)C(OC(=O)c5ccccc5)[C@@H]4OC(=O)c4ccccc4)cc(OC)c3c(=O)c2OC)ccc1O. The van der Waals surface area contributed by atoms with Gasteiger partial charge in [-0.2, -0.15) is 0 Å². The zero-order chi connectivity index (χ0) is 47.7. The lowest BCUT2D eigenvalue weighted by Gasteiger charge is -2.44. The molecule has 5 atom stereocenters. The molecule has 6 aromatic carbocycles. The Labute approximate surface area is 388 Å². The maximum absolute atomic E-state index is 14.1. The van der Waals surface area contributed by atoms with Crippen LogP contribution in [0.3, 0.4) is 0 Å². The molecule has 1 aliphatic heterocycles. The lowest BCUT2D eigenvalue weighted by Crippen LogP contribution is -2.63. The van der Waals surface area contributed by atoms with Gasteiger partial charge in [0.25, 0.3) is 0 Å². The second kappa shape index (κ2) is 20.7. The number of esters is 4. The van der Waals surface area contributed by atoms with Crippen LogP contribution in [0.5, 0.6) is 28.7 Å². The van der Waals surface area contributed by atoms with Crippen LogP contribution in [0.4, 0.5) is 0 Å². The van der Waals surface area contributed by atoms with E-state index in [0.29, 0.717) is 5.56 Å². The predicted octanol–water partition coefficient (Wildman–Crippen LogP) is 7.83. The first-order chi connectivity index (χ1) is 33.1. The number of phenolic OH excluding ortho intramolecular Hbond substituents is 1. The number of carbonyl (C=O) groups is 4. The van der Waals surface area contributed by atoms with Gasteiger partial charge in [0.15, 0.2) is 29.5 Å². The van der Waals surface area contributed by atoms with Gasteiger partial charge in [0, 0.05) is 17.7 Å². The average Bonchev–Trinajstić information content (AvgIpc) is 3.38. The monoisotopic (exact) mass is 922 g/mol. The van der Waals surface area contributed by atoms with E-state index < -0.39 is 66.6 Å². The highest BCUT2D eigenvalue weighted by Crippen LogP contribution is 2.40. The van der Waals surface area contributed by atoms with Crippen molar-refractivity contribution >= 4 is 34.8 Å². The fraction of sp³-hybridized carbons (Fsp3) is 0.173. The number of hydrogen-bond donors (Lipinski definition) is 1. The first kappa shape index (κ1) is 45.9. The van der Waals surface area contributed by atoms with Crippen LogP contribution in [-0.2, 0) is 23.7 Å². The summed E-state index contributed by atoms with van der Waals surface area (Å²) in [4.78, 5) is 69.7. The van der Waals surface area contributed by atoms with E-state index in [-0.39, 0.29) is 67.7 Å². The van der Waals surface area contributed by atoms with Crippen LogP contribution in [-0.4, -0.2) is 87.6 Å². The van der Waals surface area contributed by atoms with Gasteiger partial charge < -0.3 is 52.2 Å². The van der Waals surface area contributed by atoms with Crippen molar-refractivity contribution in [1.82, 2.24) is 0 Å². The Hall–Kier alpha value is -8.63. The second-order valence-electron chi connectivity index (χ2n) is 15.0. The third kappa shape index (κ3) is 9.95. The zero-order valence-electron chi connectivity index (χ0n) is 36.6. The van der Waals surface area contributed by atoms with Crippen molar-refractivity contribution in [3.8, 4) is 40.1 Å². The van der Waals surface area contributed by atoms with Gasteiger partial charge in [-0.05, 0) is 66.7 Å². The summed E-state index contributed by atoms with van der Waals surface area (Å²) in [7, 11) is 3.96. The van der Waals surface area contributed by atoms with E-state index in [4.69, 9.17) is 47.0 Å². The van der Waals surface area contributed by atoms with Gasteiger partial charge in [0.2, 0.25) is 23.6 Å². The van der Waals surface area contributed by atoms with E-state index in [2.05, 4.69) is 0 Å². The van der Waals surface area contributed by atoms with Gasteiger partial charge in [-0.15, -0.1) is 0 Å². The van der Waals surface area contributed by atoms with E-state index in [0.717, 1.165) is 0 Å². The van der Waals surface area contributed by atoms with Gasteiger partial charge in [-0.25, -0.2) is 19.2 Å². The Balaban J connectivity index is 1.27. The van der Waals surface area contributed by atoms with Crippen molar-refractivity contribution in [3.63, 3.8) is 0 Å². The van der Waals surface area contributed by atoms with Crippen molar-refractivity contribution in [2.24, 2.45) is 0 Å². The van der Waals surface area contributed by atoms with Crippen molar-refractivity contribution in [1.29, 1.82) is 0 Å². The summed E-state index contributed by atoms with van der Waals surface area (Å²) < 4.78 is 60.1. The van der Waals surface area contributed by atoms with Crippen LogP contribution < -0.4 is 24.4 Å². The Morgan fingerprint density at radius 2 is 1.06 bits per heavy atom. The largest absolute Gasteiger partial charge is 0.504 e. The number of phenols is 1. The van der Waals surface area contributed by atoms with Crippen molar-refractivity contribution < 1.29 is 71.3 Å². The molecule has 346 valence electrons. The van der Waals surface area contributed by atoms with Gasteiger partial charge >= 0.3 is 23.9 Å². The van der Waals surface area contributed by atoms with E-state index >= 15 is 0 Å². The minimum Gasteiger partial charge on any atom is -0.504 e. The normalized spacial score (nSPS) is 17.5. The topological polar surface area (TPSA) is 202 Å². The summed E-state index contributed by atoms with van der Waals surface area (Å²) in [5.74, 6) is -3.87. The highest BCUT2D eigenvalue weighted by molar-refractivity contribution is 5.92. The summed E-state index contributed by atoms with van der Waals surface area (Å²) in [6.07, 6.45) is -8.32. The third-order valence-electron chi connectivity index (χ3n) is 10.7. The second-order valence-corrected chi connectivity index (χ2v) is 15.0. The molecule has 1 aromatic heterocycles. The number of carbonyl (C=O) groups excluding carboxylic acids is 4. The highest BCUT2D eigenvalue weighted by atomic mass is 16.7. The maximum Gasteiger partial charge on any atom is 0.338 e. The molecule has 2 unspecified atom stereocenters. The fourth-order valence-electron chi connectivity index (χ4n) is 7.42. The number of fused-ring (bicyclic) bond motifs is 1. The Morgan fingerprint density at radius 3 is 1.57 bits per heavy atom. The number of aromatic hydroxyl groups is 1. The summed E-state index contributed by atoms with van der Waals surface area (Å²) in [5, 5.41) is 10.3. The molecule has 1 aliphatic rings. The first-order valence-electron chi connectivity index (χ1n) is 21.0. The number of ether oxygens (including phenoxy) is 9. The van der Waals surface area contributed by atoms with Gasteiger partial charge in [-0.3, -0.25) is 4.79 Å². The third-order valence-corrected chi connectivity index (χ3v) is 10.7. The number of benzene rings is 6. The standard InChI is InChI=1S/C52H42O16/c1-59-37-26-34(24-25-36(37)53)43-45(61-3)42(54)41-38(60-2)27-35(28-39(41)64-43)63-52-47(68-51(58)33-22-14-7-15-23-33)46(67-50(57)32-20-12-6-13-21-32)44(66-49(56)31-18-10-5-11-19-31)40(65-52)29-62-48(55)30-16-8-4-9-17-30/h4-28,40,44,46-47,52-53H,29H2,1-3H3/t40?,44-,46?,47+,52-/m1/s1. The summed E-state index contributed by atoms with van der Waals surface area (Å²) >= 11 is 0. The summed E-state index contributed by atoms with van der Waals surface area (Å²) in [5.41, 5.74) is 0.103. The van der Waals surface area contributed by atoms with Gasteiger partial charge in [-0.1, -0.05) is 72.8 Å². The molecule has 68 heavy (non-hydrogen) atoms. The number of hydrogen-bond acceptors (Lipinski definition) is 16. The summed E-state index contributed by atoms with van der Waals surface area (Å²) in [6.45, 7) is -0.603. The molecule has 0 bridgehead atoms. The van der Waals surface area contributed by atoms with Crippen LogP contribution >= 0.6 is 0 Å².